The Hall–Kier alpha value is -0.830. The van der Waals surface area contributed by atoms with Gasteiger partial charge < -0.3 is 10.6 Å². The van der Waals surface area contributed by atoms with E-state index in [2.05, 4.69) is 15.6 Å². The topological polar surface area (TPSA) is 70.6 Å². The zero-order valence-electron chi connectivity index (χ0n) is 13.2. The van der Waals surface area contributed by atoms with Crippen LogP contribution in [-0.2, 0) is 15.6 Å². The van der Waals surface area contributed by atoms with Crippen molar-refractivity contribution < 1.29 is 8.42 Å². The van der Waals surface area contributed by atoms with Crippen LogP contribution in [0.3, 0.4) is 0 Å². The van der Waals surface area contributed by atoms with E-state index in [1.165, 1.54) is 0 Å². The molecule has 22 heavy (non-hydrogen) atoms. The molecule has 0 atom stereocenters. The van der Waals surface area contributed by atoms with Gasteiger partial charge in [-0.1, -0.05) is 30.3 Å². The first-order chi connectivity index (χ1) is 10.1. The molecule has 2 N–H and O–H groups in total. The summed E-state index contributed by atoms with van der Waals surface area (Å²) in [5.41, 5.74) is 0.835. The summed E-state index contributed by atoms with van der Waals surface area (Å²) in [7, 11) is -3.07. The van der Waals surface area contributed by atoms with Crippen molar-refractivity contribution in [2.45, 2.75) is 26.0 Å². The monoisotopic (exact) mass is 439 g/mol. The van der Waals surface area contributed by atoms with Crippen LogP contribution in [-0.4, -0.2) is 39.8 Å². The number of aliphatic imine (C=N–C) groups is 1. The Balaban J connectivity index is 0.00000441. The third-order valence-electron chi connectivity index (χ3n) is 2.80. The quantitative estimate of drug-likeness (QED) is 0.282. The first-order valence-corrected chi connectivity index (χ1v) is 9.16. The smallest absolute Gasteiger partial charge is 0.191 e. The normalized spacial score (nSPS) is 10.5. The maximum Gasteiger partial charge on any atom is 0.191 e. The molecule has 0 spiro atoms. The molecule has 5 nitrogen and oxygen atoms in total. The summed E-state index contributed by atoms with van der Waals surface area (Å²) in [6.45, 7) is 6.08. The van der Waals surface area contributed by atoms with Crippen LogP contribution in [0.25, 0.3) is 0 Å². The van der Waals surface area contributed by atoms with Crippen molar-refractivity contribution in [1.29, 1.82) is 0 Å². The van der Waals surface area contributed by atoms with Crippen LogP contribution in [0.15, 0.2) is 35.3 Å². The zero-order valence-corrected chi connectivity index (χ0v) is 16.4. The van der Waals surface area contributed by atoms with Gasteiger partial charge in [0.1, 0.15) is 0 Å². The van der Waals surface area contributed by atoms with Crippen LogP contribution in [0.5, 0.6) is 0 Å². The minimum absolute atomic E-state index is 0. The molecule has 7 heteroatoms. The number of hydrogen-bond acceptors (Lipinski definition) is 3. The lowest BCUT2D eigenvalue weighted by atomic mass is 10.2. The highest BCUT2D eigenvalue weighted by molar-refractivity contribution is 14.0. The highest BCUT2D eigenvalue weighted by atomic mass is 127. The van der Waals surface area contributed by atoms with Crippen LogP contribution in [0.1, 0.15) is 25.8 Å². The number of halogens is 1. The average Bonchev–Trinajstić information content (AvgIpc) is 2.44. The Morgan fingerprint density at radius 3 is 2.23 bits per heavy atom. The summed E-state index contributed by atoms with van der Waals surface area (Å²) in [5, 5.41) is 6.22. The van der Waals surface area contributed by atoms with Gasteiger partial charge in [0.2, 0.25) is 0 Å². The molecule has 126 valence electrons. The highest BCUT2D eigenvalue weighted by Crippen LogP contribution is 2.07. The van der Waals surface area contributed by atoms with Crippen molar-refractivity contribution >= 4 is 39.8 Å². The maximum absolute atomic E-state index is 12.0. The van der Waals surface area contributed by atoms with Gasteiger partial charge in [-0.3, -0.25) is 4.99 Å². The number of nitrogens with zero attached hydrogens (tertiary/aromatic N) is 1. The second kappa shape index (κ2) is 11.7. The molecule has 0 saturated heterocycles. The average molecular weight is 439 g/mol. The molecular weight excluding hydrogens is 413 g/mol. The summed E-state index contributed by atoms with van der Waals surface area (Å²) >= 11 is 0. The van der Waals surface area contributed by atoms with Gasteiger partial charge in [0.15, 0.2) is 15.8 Å². The van der Waals surface area contributed by atoms with Crippen molar-refractivity contribution in [3.8, 4) is 0 Å². The summed E-state index contributed by atoms with van der Waals surface area (Å²) in [6, 6.07) is 9.27. The summed E-state index contributed by atoms with van der Waals surface area (Å²) in [6.07, 6.45) is 0.537. The molecule has 0 aliphatic rings. The minimum Gasteiger partial charge on any atom is -0.357 e. The molecule has 0 fully saturated rings. The van der Waals surface area contributed by atoms with Gasteiger partial charge in [0.25, 0.3) is 0 Å². The molecule has 0 aromatic heterocycles. The van der Waals surface area contributed by atoms with Gasteiger partial charge in [-0.05, 0) is 25.8 Å². The van der Waals surface area contributed by atoms with Crippen LogP contribution < -0.4 is 10.6 Å². The number of guanidine groups is 1. The Morgan fingerprint density at radius 1 is 1.09 bits per heavy atom. The third-order valence-corrected chi connectivity index (χ3v) is 4.49. The number of hydrogen-bond donors (Lipinski definition) is 2. The minimum atomic E-state index is -3.07. The lowest BCUT2D eigenvalue weighted by Gasteiger charge is -2.09. The van der Waals surface area contributed by atoms with E-state index in [-0.39, 0.29) is 35.5 Å². The second-order valence-corrected chi connectivity index (χ2v) is 6.91. The van der Waals surface area contributed by atoms with Crippen molar-refractivity contribution in [3.63, 3.8) is 0 Å². The highest BCUT2D eigenvalue weighted by Gasteiger charge is 2.11. The molecule has 1 rings (SSSR count). The predicted molar refractivity (Wildman–Crippen MR) is 104 cm³/mol. The fraction of sp³-hybridized carbons (Fsp3) is 0.533. The first kappa shape index (κ1) is 21.2. The molecule has 0 amide bonds. The van der Waals surface area contributed by atoms with Crippen LogP contribution in [0.4, 0.5) is 0 Å². The van der Waals surface area contributed by atoms with Crippen molar-refractivity contribution in [2.75, 3.05) is 25.4 Å². The molecular formula is C15H26IN3O2S. The maximum atomic E-state index is 12.0. The Labute approximate surface area is 150 Å². The van der Waals surface area contributed by atoms with Crippen LogP contribution >= 0.6 is 24.0 Å². The summed E-state index contributed by atoms with van der Waals surface area (Å²) in [5.74, 6) is 1.00. The van der Waals surface area contributed by atoms with E-state index in [0.717, 1.165) is 24.6 Å². The SMILES string of the molecule is CCNC(=NCCCS(=O)(=O)Cc1ccccc1)NCC.I. The molecule has 0 unspecified atom stereocenters. The van der Waals surface area contributed by atoms with Gasteiger partial charge in [0, 0.05) is 19.6 Å². The van der Waals surface area contributed by atoms with E-state index < -0.39 is 9.84 Å². The van der Waals surface area contributed by atoms with Crippen molar-refractivity contribution in [2.24, 2.45) is 4.99 Å². The van der Waals surface area contributed by atoms with Gasteiger partial charge in [0.05, 0.1) is 11.5 Å². The van der Waals surface area contributed by atoms with Crippen molar-refractivity contribution in [1.82, 2.24) is 10.6 Å². The van der Waals surface area contributed by atoms with E-state index in [1.54, 1.807) is 0 Å². The predicted octanol–water partition coefficient (Wildman–Crippen LogP) is 2.18. The molecule has 0 radical (unpaired) electrons. The van der Waals surface area contributed by atoms with E-state index in [1.807, 2.05) is 44.2 Å². The first-order valence-electron chi connectivity index (χ1n) is 7.34. The largest absolute Gasteiger partial charge is 0.357 e. The molecule has 0 aliphatic carbocycles. The van der Waals surface area contributed by atoms with E-state index in [0.29, 0.717) is 13.0 Å². The Kier molecular flexibility index (Phi) is 11.3. The van der Waals surface area contributed by atoms with Gasteiger partial charge in [-0.2, -0.15) is 0 Å². The third kappa shape index (κ3) is 9.24. The van der Waals surface area contributed by atoms with Gasteiger partial charge in [-0.25, -0.2) is 8.42 Å². The molecule has 1 aromatic rings. The molecule has 0 aliphatic heterocycles. The van der Waals surface area contributed by atoms with Crippen LogP contribution in [0.2, 0.25) is 0 Å². The van der Waals surface area contributed by atoms with Gasteiger partial charge in [-0.15, -0.1) is 24.0 Å². The zero-order chi connectivity index (χ0) is 15.6. The molecule has 0 bridgehead atoms. The molecule has 1 aromatic carbocycles. The fourth-order valence-corrected chi connectivity index (χ4v) is 3.30. The summed E-state index contributed by atoms with van der Waals surface area (Å²) in [4.78, 5) is 4.34. The molecule has 0 saturated carbocycles. The Bertz CT molecular complexity index is 525. The van der Waals surface area contributed by atoms with E-state index >= 15 is 0 Å². The van der Waals surface area contributed by atoms with E-state index in [4.69, 9.17) is 0 Å². The molecule has 0 heterocycles. The number of rotatable bonds is 8. The second-order valence-electron chi connectivity index (χ2n) is 4.72. The van der Waals surface area contributed by atoms with Crippen molar-refractivity contribution in [3.05, 3.63) is 35.9 Å². The number of benzene rings is 1. The standard InChI is InChI=1S/C15H25N3O2S.HI/c1-3-16-15(17-4-2)18-11-8-12-21(19,20)13-14-9-6-5-7-10-14;/h5-7,9-10H,3-4,8,11-13H2,1-2H3,(H2,16,17,18);1H. The number of nitrogens with one attached hydrogen (secondary N) is 2. The van der Waals surface area contributed by atoms with E-state index in [9.17, 15) is 8.42 Å². The fourth-order valence-electron chi connectivity index (χ4n) is 1.88. The number of sulfone groups is 1. The van der Waals surface area contributed by atoms with Gasteiger partial charge >= 0.3 is 0 Å². The Morgan fingerprint density at radius 2 is 1.68 bits per heavy atom. The lowest BCUT2D eigenvalue weighted by molar-refractivity contribution is 0.592. The lowest BCUT2D eigenvalue weighted by Crippen LogP contribution is -2.37. The van der Waals surface area contributed by atoms with Crippen LogP contribution in [0, 0.1) is 0 Å². The summed E-state index contributed by atoms with van der Waals surface area (Å²) < 4.78 is 24.0.